The molecule has 0 aliphatic carbocycles. The molecule has 1 aliphatic heterocycles. The van der Waals surface area contributed by atoms with Crippen LogP contribution in [0, 0.1) is 0 Å². The molecular weight excluding hydrogens is 236 g/mol. The zero-order valence-corrected chi connectivity index (χ0v) is 12.0. The van der Waals surface area contributed by atoms with Crippen molar-refractivity contribution in [1.82, 2.24) is 9.80 Å². The zero-order chi connectivity index (χ0) is 13.7. The predicted octanol–water partition coefficient (Wildman–Crippen LogP) is 2.52. The molecule has 1 fully saturated rings. The molecule has 0 radical (unpaired) electrons. The molecule has 1 atom stereocenters. The third-order valence-corrected chi connectivity index (χ3v) is 4.00. The van der Waals surface area contributed by atoms with E-state index in [1.54, 1.807) is 0 Å². The summed E-state index contributed by atoms with van der Waals surface area (Å²) >= 11 is 0. The van der Waals surface area contributed by atoms with E-state index in [0.29, 0.717) is 19.1 Å². The number of likely N-dealkylation sites (N-methyl/N-ethyl adjacent to an activating group) is 1. The summed E-state index contributed by atoms with van der Waals surface area (Å²) < 4.78 is 0. The molecule has 0 N–H and O–H groups in total. The van der Waals surface area contributed by atoms with Crippen molar-refractivity contribution in [1.29, 1.82) is 0 Å². The van der Waals surface area contributed by atoms with Crippen molar-refractivity contribution < 1.29 is 4.79 Å². The Morgan fingerprint density at radius 2 is 2.11 bits per heavy atom. The number of rotatable bonds is 5. The van der Waals surface area contributed by atoms with Crippen LogP contribution in [0.3, 0.4) is 0 Å². The van der Waals surface area contributed by atoms with E-state index < -0.39 is 0 Å². The molecule has 0 saturated carbocycles. The molecular formula is C16H24N2O. The van der Waals surface area contributed by atoms with E-state index in [9.17, 15) is 4.79 Å². The molecule has 19 heavy (non-hydrogen) atoms. The first-order valence-electron chi connectivity index (χ1n) is 7.22. The summed E-state index contributed by atoms with van der Waals surface area (Å²) in [7, 11) is 1.90. The van der Waals surface area contributed by atoms with E-state index in [1.165, 1.54) is 18.4 Å². The second-order valence-corrected chi connectivity index (χ2v) is 5.41. The van der Waals surface area contributed by atoms with Crippen LogP contribution in [0.5, 0.6) is 0 Å². The number of amides is 1. The Balaban J connectivity index is 1.85. The Morgan fingerprint density at radius 1 is 1.37 bits per heavy atom. The maximum absolute atomic E-state index is 12.2. The lowest BCUT2D eigenvalue weighted by molar-refractivity contribution is -0.131. The van der Waals surface area contributed by atoms with Gasteiger partial charge in [-0.15, -0.1) is 0 Å². The van der Waals surface area contributed by atoms with Crippen molar-refractivity contribution in [2.24, 2.45) is 0 Å². The largest absolute Gasteiger partial charge is 0.340 e. The van der Waals surface area contributed by atoms with Gasteiger partial charge < -0.3 is 4.90 Å². The standard InChI is InChI=1S/C16H24N2O/c1-3-15-10-7-11-18(15)13-16(19)17(2)12-14-8-5-4-6-9-14/h4-6,8-9,15H,3,7,10-13H2,1-2H3. The molecule has 2 rings (SSSR count). The maximum atomic E-state index is 12.2. The van der Waals surface area contributed by atoms with Gasteiger partial charge in [0.05, 0.1) is 6.54 Å². The predicted molar refractivity (Wildman–Crippen MR) is 77.8 cm³/mol. The third kappa shape index (κ3) is 3.80. The Kier molecular flexibility index (Phi) is 4.97. The molecule has 3 nitrogen and oxygen atoms in total. The molecule has 3 heteroatoms. The van der Waals surface area contributed by atoms with Crippen molar-refractivity contribution in [2.75, 3.05) is 20.1 Å². The van der Waals surface area contributed by atoms with Gasteiger partial charge in [0, 0.05) is 19.6 Å². The van der Waals surface area contributed by atoms with E-state index in [0.717, 1.165) is 13.0 Å². The van der Waals surface area contributed by atoms with Crippen LogP contribution in [0.4, 0.5) is 0 Å². The Bertz CT molecular complexity index is 404. The van der Waals surface area contributed by atoms with Crippen molar-refractivity contribution >= 4 is 5.91 Å². The minimum absolute atomic E-state index is 0.226. The second-order valence-electron chi connectivity index (χ2n) is 5.41. The molecule has 1 saturated heterocycles. The first kappa shape index (κ1) is 14.1. The first-order valence-corrected chi connectivity index (χ1v) is 7.22. The zero-order valence-electron chi connectivity index (χ0n) is 12.0. The summed E-state index contributed by atoms with van der Waals surface area (Å²) in [6.07, 6.45) is 3.62. The van der Waals surface area contributed by atoms with Crippen LogP contribution in [0.1, 0.15) is 31.7 Å². The number of hydrogen-bond acceptors (Lipinski definition) is 2. The summed E-state index contributed by atoms with van der Waals surface area (Å²) in [5.41, 5.74) is 1.19. The van der Waals surface area contributed by atoms with E-state index in [2.05, 4.69) is 24.0 Å². The molecule has 1 amide bonds. The van der Waals surface area contributed by atoms with E-state index in [4.69, 9.17) is 0 Å². The number of carbonyl (C=O) groups is 1. The Hall–Kier alpha value is -1.35. The van der Waals surface area contributed by atoms with Gasteiger partial charge in [0.2, 0.25) is 5.91 Å². The number of benzene rings is 1. The first-order chi connectivity index (χ1) is 9.20. The average molecular weight is 260 g/mol. The van der Waals surface area contributed by atoms with Gasteiger partial charge >= 0.3 is 0 Å². The minimum atomic E-state index is 0.226. The van der Waals surface area contributed by atoms with Gasteiger partial charge in [-0.25, -0.2) is 0 Å². The van der Waals surface area contributed by atoms with Crippen LogP contribution in [0.15, 0.2) is 30.3 Å². The number of nitrogens with zero attached hydrogens (tertiary/aromatic N) is 2. The van der Waals surface area contributed by atoms with Gasteiger partial charge in [0.25, 0.3) is 0 Å². The van der Waals surface area contributed by atoms with Gasteiger partial charge in [0.1, 0.15) is 0 Å². The lowest BCUT2D eigenvalue weighted by Gasteiger charge is -2.25. The van der Waals surface area contributed by atoms with Crippen LogP contribution in [0.25, 0.3) is 0 Å². The van der Waals surface area contributed by atoms with Gasteiger partial charge in [-0.3, -0.25) is 9.69 Å². The van der Waals surface area contributed by atoms with E-state index >= 15 is 0 Å². The normalized spacial score (nSPS) is 19.6. The van der Waals surface area contributed by atoms with Crippen LogP contribution in [0.2, 0.25) is 0 Å². The number of hydrogen-bond donors (Lipinski definition) is 0. The quantitative estimate of drug-likeness (QED) is 0.812. The van der Waals surface area contributed by atoms with Gasteiger partial charge in [0.15, 0.2) is 0 Å². The van der Waals surface area contributed by atoms with E-state index in [-0.39, 0.29) is 5.91 Å². The smallest absolute Gasteiger partial charge is 0.236 e. The van der Waals surface area contributed by atoms with Crippen LogP contribution < -0.4 is 0 Å². The average Bonchev–Trinajstić information content (AvgIpc) is 2.87. The summed E-state index contributed by atoms with van der Waals surface area (Å²) in [6.45, 7) is 4.55. The summed E-state index contributed by atoms with van der Waals surface area (Å²) in [6, 6.07) is 10.8. The van der Waals surface area contributed by atoms with Crippen molar-refractivity contribution in [2.45, 2.75) is 38.8 Å². The Morgan fingerprint density at radius 3 is 2.79 bits per heavy atom. The lowest BCUT2D eigenvalue weighted by atomic mass is 10.2. The van der Waals surface area contributed by atoms with Crippen molar-refractivity contribution in [3.63, 3.8) is 0 Å². The monoisotopic (exact) mass is 260 g/mol. The lowest BCUT2D eigenvalue weighted by Crippen LogP contribution is -2.40. The fourth-order valence-corrected chi connectivity index (χ4v) is 2.81. The number of likely N-dealkylation sites (tertiary alicyclic amines) is 1. The molecule has 1 aromatic carbocycles. The molecule has 1 unspecified atom stereocenters. The molecule has 0 aromatic heterocycles. The fraction of sp³-hybridized carbons (Fsp3) is 0.562. The summed E-state index contributed by atoms with van der Waals surface area (Å²) in [5, 5.41) is 0. The minimum Gasteiger partial charge on any atom is -0.340 e. The molecule has 1 heterocycles. The van der Waals surface area contributed by atoms with E-state index in [1.807, 2.05) is 30.1 Å². The highest BCUT2D eigenvalue weighted by molar-refractivity contribution is 5.78. The summed E-state index contributed by atoms with van der Waals surface area (Å²) in [5.74, 6) is 0.226. The topological polar surface area (TPSA) is 23.6 Å². The van der Waals surface area contributed by atoms with Gasteiger partial charge in [-0.05, 0) is 31.4 Å². The van der Waals surface area contributed by atoms with Crippen molar-refractivity contribution in [3.05, 3.63) is 35.9 Å². The third-order valence-electron chi connectivity index (χ3n) is 4.00. The number of carbonyl (C=O) groups excluding carboxylic acids is 1. The molecule has 0 bridgehead atoms. The van der Waals surface area contributed by atoms with Crippen molar-refractivity contribution in [3.8, 4) is 0 Å². The summed E-state index contributed by atoms with van der Waals surface area (Å²) in [4.78, 5) is 16.4. The molecule has 104 valence electrons. The van der Waals surface area contributed by atoms with Crippen LogP contribution in [-0.4, -0.2) is 41.9 Å². The van der Waals surface area contributed by atoms with Gasteiger partial charge in [-0.1, -0.05) is 37.3 Å². The highest BCUT2D eigenvalue weighted by atomic mass is 16.2. The highest BCUT2D eigenvalue weighted by Gasteiger charge is 2.25. The molecule has 1 aromatic rings. The highest BCUT2D eigenvalue weighted by Crippen LogP contribution is 2.19. The Labute approximate surface area is 116 Å². The van der Waals surface area contributed by atoms with Gasteiger partial charge in [-0.2, -0.15) is 0 Å². The molecule has 0 spiro atoms. The van der Waals surface area contributed by atoms with Crippen LogP contribution >= 0.6 is 0 Å². The fourth-order valence-electron chi connectivity index (χ4n) is 2.81. The SMILES string of the molecule is CCC1CCCN1CC(=O)N(C)Cc1ccccc1. The maximum Gasteiger partial charge on any atom is 0.236 e. The second kappa shape index (κ2) is 6.71. The molecule has 1 aliphatic rings. The van der Waals surface area contributed by atoms with Crippen LogP contribution in [-0.2, 0) is 11.3 Å².